The van der Waals surface area contributed by atoms with Crippen molar-refractivity contribution in [3.63, 3.8) is 0 Å². The Morgan fingerprint density at radius 1 is 1.00 bits per heavy atom. The molecule has 0 bridgehead atoms. The average Bonchev–Trinajstić information content (AvgIpc) is 2.73. The molecule has 0 aliphatic heterocycles. The second kappa shape index (κ2) is 8.89. The highest BCUT2D eigenvalue weighted by atomic mass is 32.2. The predicted octanol–water partition coefficient (Wildman–Crippen LogP) is 3.51. The molecule has 0 aliphatic carbocycles. The number of hydrogen-bond donors (Lipinski definition) is 1. The summed E-state index contributed by atoms with van der Waals surface area (Å²) in [7, 11) is -0.863. The minimum Gasteiger partial charge on any atom is -0.493 e. The number of methoxy groups -OCH3 is 2. The van der Waals surface area contributed by atoms with Gasteiger partial charge in [0.25, 0.3) is 0 Å². The van der Waals surface area contributed by atoms with E-state index in [2.05, 4.69) is 9.71 Å². The summed E-state index contributed by atoms with van der Waals surface area (Å²) in [5, 5.41) is 0. The van der Waals surface area contributed by atoms with Gasteiger partial charge in [-0.05, 0) is 29.8 Å². The Morgan fingerprint density at radius 3 is 2.45 bits per heavy atom. The molecule has 2 aromatic carbocycles. The van der Waals surface area contributed by atoms with Gasteiger partial charge in [0.15, 0.2) is 11.5 Å². The molecule has 1 heterocycles. The molecule has 0 spiro atoms. The van der Waals surface area contributed by atoms with Crippen LogP contribution in [0.2, 0.25) is 0 Å². The van der Waals surface area contributed by atoms with Crippen LogP contribution in [-0.4, -0.2) is 27.6 Å². The molecular weight excluding hydrogens is 399 g/mol. The fraction of sp³-hybridized carbons (Fsp3) is 0.150. The number of benzene rings is 2. The lowest BCUT2D eigenvalue weighted by Crippen LogP contribution is -2.23. The lowest BCUT2D eigenvalue weighted by molar-refractivity contribution is 0.354. The van der Waals surface area contributed by atoms with Crippen LogP contribution in [0.5, 0.6) is 23.1 Å². The maximum absolute atomic E-state index is 13.2. The quantitative estimate of drug-likeness (QED) is 0.603. The van der Waals surface area contributed by atoms with Crippen LogP contribution in [0.4, 0.5) is 4.39 Å². The number of halogens is 1. The molecule has 3 rings (SSSR count). The summed E-state index contributed by atoms with van der Waals surface area (Å²) < 4.78 is 56.5. The van der Waals surface area contributed by atoms with Gasteiger partial charge in [0.05, 0.1) is 19.1 Å². The van der Waals surface area contributed by atoms with Crippen LogP contribution in [0.25, 0.3) is 0 Å². The molecular formula is C20H19FN2O5S. The minimum atomic E-state index is -3.77. The minimum absolute atomic E-state index is 0.0317. The third-order valence-corrected chi connectivity index (χ3v) is 5.35. The zero-order valence-electron chi connectivity index (χ0n) is 15.8. The van der Waals surface area contributed by atoms with E-state index in [1.165, 1.54) is 56.8 Å². The molecule has 7 nitrogen and oxygen atoms in total. The maximum Gasteiger partial charge on any atom is 0.241 e. The molecule has 0 aliphatic rings. The summed E-state index contributed by atoms with van der Waals surface area (Å²) in [5.74, 6) is 0.922. The first-order valence-electron chi connectivity index (χ1n) is 8.51. The number of ether oxygens (including phenoxy) is 3. The SMILES string of the molecule is COc1ccc(S(=O)(=O)NCc2ccc(Oc3cccc(F)c3)nc2)cc1OC. The number of sulfonamides is 1. The molecule has 3 aromatic rings. The molecule has 0 radical (unpaired) electrons. The van der Waals surface area contributed by atoms with Crippen molar-refractivity contribution in [3.05, 3.63) is 72.2 Å². The lowest BCUT2D eigenvalue weighted by atomic mass is 10.3. The molecule has 29 heavy (non-hydrogen) atoms. The fourth-order valence-electron chi connectivity index (χ4n) is 2.47. The molecule has 0 saturated carbocycles. The zero-order valence-corrected chi connectivity index (χ0v) is 16.6. The van der Waals surface area contributed by atoms with E-state index in [1.54, 1.807) is 18.2 Å². The van der Waals surface area contributed by atoms with Gasteiger partial charge in [0.2, 0.25) is 15.9 Å². The summed E-state index contributed by atoms with van der Waals surface area (Å²) in [6, 6.07) is 13.3. The molecule has 0 atom stereocenters. The molecule has 152 valence electrons. The highest BCUT2D eigenvalue weighted by Gasteiger charge is 2.17. The molecule has 9 heteroatoms. The first-order valence-corrected chi connectivity index (χ1v) is 9.99. The number of pyridine rings is 1. The van der Waals surface area contributed by atoms with Gasteiger partial charge in [0.1, 0.15) is 11.6 Å². The van der Waals surface area contributed by atoms with Crippen LogP contribution >= 0.6 is 0 Å². The van der Waals surface area contributed by atoms with Gasteiger partial charge in [-0.3, -0.25) is 0 Å². The zero-order chi connectivity index (χ0) is 20.9. The van der Waals surface area contributed by atoms with Crippen LogP contribution < -0.4 is 18.9 Å². The van der Waals surface area contributed by atoms with Crippen molar-refractivity contribution in [2.75, 3.05) is 14.2 Å². The van der Waals surface area contributed by atoms with Crippen molar-refractivity contribution in [2.24, 2.45) is 0 Å². The van der Waals surface area contributed by atoms with Crippen LogP contribution in [0.15, 0.2) is 65.7 Å². The van der Waals surface area contributed by atoms with Gasteiger partial charge in [-0.25, -0.2) is 22.5 Å². The first-order chi connectivity index (χ1) is 13.9. The largest absolute Gasteiger partial charge is 0.493 e. The van der Waals surface area contributed by atoms with Crippen molar-refractivity contribution < 1.29 is 27.0 Å². The maximum atomic E-state index is 13.2. The Bertz CT molecular complexity index is 1090. The number of hydrogen-bond acceptors (Lipinski definition) is 6. The van der Waals surface area contributed by atoms with Gasteiger partial charge >= 0.3 is 0 Å². The highest BCUT2D eigenvalue weighted by molar-refractivity contribution is 7.89. The molecule has 0 unspecified atom stereocenters. The normalized spacial score (nSPS) is 11.1. The summed E-state index contributed by atoms with van der Waals surface area (Å²) >= 11 is 0. The average molecular weight is 418 g/mol. The number of rotatable bonds is 8. The second-order valence-electron chi connectivity index (χ2n) is 5.91. The molecule has 0 saturated heterocycles. The summed E-state index contributed by atoms with van der Waals surface area (Å²) in [6.07, 6.45) is 1.48. The van der Waals surface area contributed by atoms with E-state index in [-0.39, 0.29) is 17.3 Å². The summed E-state index contributed by atoms with van der Waals surface area (Å²) in [4.78, 5) is 4.16. The lowest BCUT2D eigenvalue weighted by Gasteiger charge is -2.11. The summed E-state index contributed by atoms with van der Waals surface area (Å²) in [5.41, 5.74) is 0.626. The third kappa shape index (κ3) is 5.21. The van der Waals surface area contributed by atoms with Crippen molar-refractivity contribution in [2.45, 2.75) is 11.4 Å². The van der Waals surface area contributed by atoms with Crippen molar-refractivity contribution in [1.82, 2.24) is 9.71 Å². The van der Waals surface area contributed by atoms with E-state index < -0.39 is 15.8 Å². The molecule has 1 N–H and O–H groups in total. The third-order valence-electron chi connectivity index (χ3n) is 3.95. The van der Waals surface area contributed by atoms with E-state index in [1.807, 2.05) is 0 Å². The smallest absolute Gasteiger partial charge is 0.241 e. The number of aromatic nitrogens is 1. The van der Waals surface area contributed by atoms with Gasteiger partial charge in [-0.1, -0.05) is 12.1 Å². The molecule has 1 aromatic heterocycles. The first kappa shape index (κ1) is 20.6. The van der Waals surface area contributed by atoms with Crippen molar-refractivity contribution >= 4 is 10.0 Å². The second-order valence-corrected chi connectivity index (χ2v) is 7.67. The summed E-state index contributed by atoms with van der Waals surface area (Å²) in [6.45, 7) is 0.0317. The van der Waals surface area contributed by atoms with Gasteiger partial charge in [0, 0.05) is 30.9 Å². The van der Waals surface area contributed by atoms with E-state index >= 15 is 0 Å². The Labute approximate surface area is 168 Å². The van der Waals surface area contributed by atoms with Gasteiger partial charge < -0.3 is 14.2 Å². The Kier molecular flexibility index (Phi) is 6.30. The molecule has 0 amide bonds. The Morgan fingerprint density at radius 2 is 1.79 bits per heavy atom. The monoisotopic (exact) mass is 418 g/mol. The Hall–Kier alpha value is -3.17. The fourth-order valence-corrected chi connectivity index (χ4v) is 3.51. The van der Waals surface area contributed by atoms with Gasteiger partial charge in [-0.15, -0.1) is 0 Å². The van der Waals surface area contributed by atoms with Crippen molar-refractivity contribution in [1.29, 1.82) is 0 Å². The number of nitrogens with one attached hydrogen (secondary N) is 1. The van der Waals surface area contributed by atoms with Gasteiger partial charge in [-0.2, -0.15) is 0 Å². The van der Waals surface area contributed by atoms with Crippen LogP contribution in [0, 0.1) is 5.82 Å². The van der Waals surface area contributed by atoms with Crippen molar-refractivity contribution in [3.8, 4) is 23.1 Å². The standard InChI is InChI=1S/C20H19FN2O5S/c1-26-18-8-7-17(11-19(18)27-2)29(24,25)23-13-14-6-9-20(22-12-14)28-16-5-3-4-15(21)10-16/h3-12,23H,13H2,1-2H3. The predicted molar refractivity (Wildman–Crippen MR) is 104 cm³/mol. The van der Waals surface area contributed by atoms with E-state index in [9.17, 15) is 12.8 Å². The topological polar surface area (TPSA) is 86.8 Å². The Balaban J connectivity index is 1.66. The number of nitrogens with zero attached hydrogens (tertiary/aromatic N) is 1. The molecule has 0 fully saturated rings. The van der Waals surface area contributed by atoms with E-state index in [0.29, 0.717) is 22.8 Å². The highest BCUT2D eigenvalue weighted by Crippen LogP contribution is 2.29. The van der Waals surface area contributed by atoms with Crippen LogP contribution in [0.1, 0.15) is 5.56 Å². The van der Waals surface area contributed by atoms with Crippen LogP contribution in [-0.2, 0) is 16.6 Å². The van der Waals surface area contributed by atoms with E-state index in [4.69, 9.17) is 14.2 Å². The van der Waals surface area contributed by atoms with Crippen LogP contribution in [0.3, 0.4) is 0 Å². The van der Waals surface area contributed by atoms with E-state index in [0.717, 1.165) is 0 Å².